The first-order chi connectivity index (χ1) is 8.97. The number of aryl methyl sites for hydroxylation is 1. The van der Waals surface area contributed by atoms with Crippen LogP contribution in [0.2, 0.25) is 0 Å². The van der Waals surface area contributed by atoms with E-state index in [-0.39, 0.29) is 5.82 Å². The first kappa shape index (κ1) is 14.0. The lowest BCUT2D eigenvalue weighted by Gasteiger charge is -2.23. The molecule has 2 rings (SSSR count). The molecule has 0 saturated carbocycles. The minimum absolute atomic E-state index is 0.236. The predicted octanol–water partition coefficient (Wildman–Crippen LogP) is 2.82. The molecule has 1 aromatic rings. The summed E-state index contributed by atoms with van der Waals surface area (Å²) in [5, 5.41) is 9.36. The van der Waals surface area contributed by atoms with E-state index in [1.807, 2.05) is 13.8 Å². The Labute approximate surface area is 113 Å². The Hall–Kier alpha value is -1.42. The second kappa shape index (κ2) is 5.29. The van der Waals surface area contributed by atoms with Gasteiger partial charge in [0.2, 0.25) is 0 Å². The Balaban J connectivity index is 2.10. The van der Waals surface area contributed by atoms with Gasteiger partial charge in [-0.25, -0.2) is 4.39 Å². The number of carboxylic acids is 1. The van der Waals surface area contributed by atoms with Crippen LogP contribution in [0.4, 0.5) is 4.39 Å². The van der Waals surface area contributed by atoms with Gasteiger partial charge in [-0.3, -0.25) is 9.69 Å². The first-order valence-electron chi connectivity index (χ1n) is 6.67. The Kier molecular flexibility index (Phi) is 3.90. The standard InChI is InChI=1S/C15H20FNO2/c1-3-15(14(18)19)6-7-17(10-15)9-12-8-13(16)5-4-11(12)2/h4-5,8H,3,6-7,9-10H2,1-2H3,(H,18,19). The van der Waals surface area contributed by atoms with E-state index in [2.05, 4.69) is 4.90 Å². The Morgan fingerprint density at radius 3 is 2.84 bits per heavy atom. The fraction of sp³-hybridized carbons (Fsp3) is 0.533. The largest absolute Gasteiger partial charge is 0.481 e. The maximum absolute atomic E-state index is 13.3. The maximum Gasteiger partial charge on any atom is 0.310 e. The summed E-state index contributed by atoms with van der Waals surface area (Å²) in [4.78, 5) is 13.5. The molecule has 0 aromatic heterocycles. The van der Waals surface area contributed by atoms with Crippen LogP contribution in [-0.2, 0) is 11.3 Å². The van der Waals surface area contributed by atoms with Gasteiger partial charge in [-0.2, -0.15) is 0 Å². The fourth-order valence-electron chi connectivity index (χ4n) is 2.76. The summed E-state index contributed by atoms with van der Waals surface area (Å²) in [6.45, 7) is 5.81. The summed E-state index contributed by atoms with van der Waals surface area (Å²) in [6.07, 6.45) is 1.31. The number of benzene rings is 1. The lowest BCUT2D eigenvalue weighted by molar-refractivity contribution is -0.148. The lowest BCUT2D eigenvalue weighted by Crippen LogP contribution is -2.34. The van der Waals surface area contributed by atoms with Crippen molar-refractivity contribution in [1.82, 2.24) is 4.90 Å². The van der Waals surface area contributed by atoms with Gasteiger partial charge in [0.1, 0.15) is 5.82 Å². The molecule has 0 amide bonds. The lowest BCUT2D eigenvalue weighted by atomic mass is 9.84. The summed E-state index contributed by atoms with van der Waals surface area (Å²) in [5.41, 5.74) is 1.37. The van der Waals surface area contributed by atoms with Crippen LogP contribution in [0.15, 0.2) is 18.2 Å². The molecule has 1 aliphatic rings. The second-order valence-corrected chi connectivity index (χ2v) is 5.47. The van der Waals surface area contributed by atoms with Crippen LogP contribution in [-0.4, -0.2) is 29.1 Å². The van der Waals surface area contributed by atoms with Crippen LogP contribution in [0.25, 0.3) is 0 Å². The zero-order chi connectivity index (χ0) is 14.0. The van der Waals surface area contributed by atoms with Crippen LogP contribution in [0.5, 0.6) is 0 Å². The molecule has 0 bridgehead atoms. The van der Waals surface area contributed by atoms with E-state index in [0.717, 1.165) is 17.7 Å². The molecule has 0 spiro atoms. The van der Waals surface area contributed by atoms with E-state index >= 15 is 0 Å². The molecular formula is C15H20FNO2. The Morgan fingerprint density at radius 2 is 2.26 bits per heavy atom. The molecule has 4 heteroatoms. The van der Waals surface area contributed by atoms with Crippen molar-refractivity contribution in [2.45, 2.75) is 33.2 Å². The van der Waals surface area contributed by atoms with Crippen molar-refractivity contribution in [1.29, 1.82) is 0 Å². The van der Waals surface area contributed by atoms with Gasteiger partial charge in [-0.05, 0) is 49.6 Å². The van der Waals surface area contributed by atoms with E-state index < -0.39 is 11.4 Å². The number of halogens is 1. The zero-order valence-corrected chi connectivity index (χ0v) is 11.4. The fourth-order valence-corrected chi connectivity index (χ4v) is 2.76. The summed E-state index contributed by atoms with van der Waals surface area (Å²) < 4.78 is 13.3. The van der Waals surface area contributed by atoms with Gasteiger partial charge < -0.3 is 5.11 Å². The molecule has 1 unspecified atom stereocenters. The molecule has 1 aromatic carbocycles. The van der Waals surface area contributed by atoms with Gasteiger partial charge in [-0.15, -0.1) is 0 Å². The summed E-state index contributed by atoms with van der Waals surface area (Å²) in [5.74, 6) is -0.951. The number of likely N-dealkylation sites (tertiary alicyclic amines) is 1. The topological polar surface area (TPSA) is 40.5 Å². The molecule has 19 heavy (non-hydrogen) atoms. The van der Waals surface area contributed by atoms with Gasteiger partial charge in [0.05, 0.1) is 5.41 Å². The molecule has 1 N–H and O–H groups in total. The van der Waals surface area contributed by atoms with Gasteiger partial charge >= 0.3 is 5.97 Å². The third kappa shape index (κ3) is 2.78. The second-order valence-electron chi connectivity index (χ2n) is 5.47. The first-order valence-corrected chi connectivity index (χ1v) is 6.67. The smallest absolute Gasteiger partial charge is 0.310 e. The van der Waals surface area contributed by atoms with E-state index in [1.165, 1.54) is 6.07 Å². The highest BCUT2D eigenvalue weighted by molar-refractivity contribution is 5.75. The third-order valence-corrected chi connectivity index (χ3v) is 4.27. The van der Waals surface area contributed by atoms with Gasteiger partial charge in [0, 0.05) is 13.1 Å². The molecule has 1 fully saturated rings. The normalized spacial score (nSPS) is 23.7. The average molecular weight is 265 g/mol. The van der Waals surface area contributed by atoms with Crippen molar-refractivity contribution in [2.75, 3.05) is 13.1 Å². The number of carboxylic acid groups (broad SMARTS) is 1. The predicted molar refractivity (Wildman–Crippen MR) is 71.4 cm³/mol. The summed E-state index contributed by atoms with van der Waals surface area (Å²) in [6, 6.07) is 4.77. The van der Waals surface area contributed by atoms with E-state index in [1.54, 1.807) is 12.1 Å². The molecular weight excluding hydrogens is 245 g/mol. The van der Waals surface area contributed by atoms with Crippen LogP contribution >= 0.6 is 0 Å². The van der Waals surface area contributed by atoms with Crippen LogP contribution < -0.4 is 0 Å². The van der Waals surface area contributed by atoms with Gasteiger partial charge in [0.25, 0.3) is 0 Å². The monoisotopic (exact) mass is 265 g/mol. The van der Waals surface area contributed by atoms with Crippen molar-refractivity contribution in [3.8, 4) is 0 Å². The number of hydrogen-bond acceptors (Lipinski definition) is 2. The molecule has 1 aliphatic heterocycles. The van der Waals surface area contributed by atoms with Gasteiger partial charge in [0.15, 0.2) is 0 Å². The molecule has 104 valence electrons. The maximum atomic E-state index is 13.3. The Morgan fingerprint density at radius 1 is 1.53 bits per heavy atom. The zero-order valence-electron chi connectivity index (χ0n) is 11.4. The number of carbonyl (C=O) groups is 1. The number of nitrogens with zero attached hydrogens (tertiary/aromatic N) is 1. The number of rotatable bonds is 4. The molecule has 1 atom stereocenters. The van der Waals surface area contributed by atoms with Crippen molar-refractivity contribution in [2.24, 2.45) is 5.41 Å². The van der Waals surface area contributed by atoms with Crippen LogP contribution in [0.3, 0.4) is 0 Å². The van der Waals surface area contributed by atoms with E-state index in [4.69, 9.17) is 0 Å². The van der Waals surface area contributed by atoms with E-state index in [9.17, 15) is 14.3 Å². The van der Waals surface area contributed by atoms with Crippen LogP contribution in [0, 0.1) is 18.2 Å². The van der Waals surface area contributed by atoms with Crippen molar-refractivity contribution in [3.05, 3.63) is 35.1 Å². The molecule has 3 nitrogen and oxygen atoms in total. The minimum Gasteiger partial charge on any atom is -0.481 e. The quantitative estimate of drug-likeness (QED) is 0.910. The highest BCUT2D eigenvalue weighted by Crippen LogP contribution is 2.35. The molecule has 1 heterocycles. The van der Waals surface area contributed by atoms with Crippen molar-refractivity contribution >= 4 is 5.97 Å². The van der Waals surface area contributed by atoms with Crippen LogP contribution in [0.1, 0.15) is 30.9 Å². The summed E-state index contributed by atoms with van der Waals surface area (Å²) >= 11 is 0. The third-order valence-electron chi connectivity index (χ3n) is 4.27. The number of hydrogen-bond donors (Lipinski definition) is 1. The van der Waals surface area contributed by atoms with Crippen molar-refractivity contribution in [3.63, 3.8) is 0 Å². The highest BCUT2D eigenvalue weighted by Gasteiger charge is 2.43. The Bertz CT molecular complexity index is 489. The average Bonchev–Trinajstić information content (AvgIpc) is 2.79. The number of aliphatic carboxylic acids is 1. The van der Waals surface area contributed by atoms with E-state index in [0.29, 0.717) is 25.9 Å². The molecule has 1 saturated heterocycles. The molecule has 0 radical (unpaired) electrons. The summed E-state index contributed by atoms with van der Waals surface area (Å²) in [7, 11) is 0. The van der Waals surface area contributed by atoms with Crippen molar-refractivity contribution < 1.29 is 14.3 Å². The SMILES string of the molecule is CCC1(C(=O)O)CCN(Cc2cc(F)ccc2C)C1. The highest BCUT2D eigenvalue weighted by atomic mass is 19.1. The molecule has 0 aliphatic carbocycles. The van der Waals surface area contributed by atoms with Gasteiger partial charge in [-0.1, -0.05) is 13.0 Å². The minimum atomic E-state index is -0.714.